The lowest BCUT2D eigenvalue weighted by Crippen LogP contribution is -2.30. The van der Waals surface area contributed by atoms with Crippen molar-refractivity contribution >= 4 is 18.0 Å². The summed E-state index contributed by atoms with van der Waals surface area (Å²) in [5.74, 6) is -0.310. The van der Waals surface area contributed by atoms with Crippen LogP contribution in [0.2, 0.25) is 0 Å². The normalized spacial score (nSPS) is 15.4. The van der Waals surface area contributed by atoms with Crippen molar-refractivity contribution in [3.05, 3.63) is 94.9 Å². The highest BCUT2D eigenvalue weighted by Crippen LogP contribution is 2.20. The fourth-order valence-electron chi connectivity index (χ4n) is 3.30. The van der Waals surface area contributed by atoms with Crippen LogP contribution in [0.5, 0.6) is 0 Å². The largest absolute Gasteiger partial charge is 0.329 e. The van der Waals surface area contributed by atoms with E-state index in [1.807, 2.05) is 80.7 Å². The number of imide groups is 1. The first-order chi connectivity index (χ1) is 13.5. The molecule has 0 unspecified atom stereocenters. The lowest BCUT2D eigenvalue weighted by molar-refractivity contribution is -0.123. The van der Waals surface area contributed by atoms with Crippen LogP contribution < -0.4 is 5.32 Å². The Kier molecular flexibility index (Phi) is 4.57. The number of amides is 3. The molecule has 1 saturated heterocycles. The molecule has 0 aliphatic carbocycles. The maximum atomic E-state index is 12.7. The van der Waals surface area contributed by atoms with Gasteiger partial charge in [-0.25, -0.2) is 4.79 Å². The van der Waals surface area contributed by atoms with Crippen LogP contribution in [0.4, 0.5) is 4.79 Å². The smallest absolute Gasteiger partial charge is 0.321 e. The average molecular weight is 371 g/mol. The number of nitrogens with zero attached hydrogens (tertiary/aromatic N) is 2. The minimum absolute atomic E-state index is 0.256. The lowest BCUT2D eigenvalue weighted by atomic mass is 10.1. The van der Waals surface area contributed by atoms with Crippen LogP contribution >= 0.6 is 0 Å². The van der Waals surface area contributed by atoms with E-state index in [0.717, 1.165) is 28.1 Å². The molecule has 1 aliphatic rings. The van der Waals surface area contributed by atoms with E-state index in [9.17, 15) is 9.59 Å². The topological polar surface area (TPSA) is 54.3 Å². The first kappa shape index (κ1) is 17.8. The summed E-state index contributed by atoms with van der Waals surface area (Å²) in [6.07, 6.45) is 3.68. The Labute approximate surface area is 163 Å². The zero-order valence-electron chi connectivity index (χ0n) is 15.8. The number of rotatable bonds is 4. The second-order valence-corrected chi connectivity index (χ2v) is 6.99. The molecule has 4 rings (SSSR count). The molecule has 2 aromatic carbocycles. The highest BCUT2D eigenvalue weighted by molar-refractivity contribution is 6.13. The zero-order valence-corrected chi connectivity index (χ0v) is 15.8. The Hall–Kier alpha value is -3.60. The molecular weight excluding hydrogens is 350 g/mol. The van der Waals surface area contributed by atoms with Gasteiger partial charge in [0, 0.05) is 17.6 Å². The Balaban J connectivity index is 1.57. The average Bonchev–Trinajstić information content (AvgIpc) is 3.18. The summed E-state index contributed by atoms with van der Waals surface area (Å²) in [5.41, 5.74) is 5.31. The third kappa shape index (κ3) is 3.47. The molecule has 0 saturated carbocycles. The Bertz CT molecular complexity index is 1060. The molecule has 2 heterocycles. The first-order valence-electron chi connectivity index (χ1n) is 9.16. The van der Waals surface area contributed by atoms with Crippen molar-refractivity contribution in [3.8, 4) is 5.69 Å². The number of hydrogen-bond acceptors (Lipinski definition) is 2. The summed E-state index contributed by atoms with van der Waals surface area (Å²) in [5, 5.41) is 2.69. The third-order valence-electron chi connectivity index (χ3n) is 4.80. The zero-order chi connectivity index (χ0) is 19.7. The van der Waals surface area contributed by atoms with Gasteiger partial charge >= 0.3 is 6.03 Å². The second kappa shape index (κ2) is 7.19. The lowest BCUT2D eigenvalue weighted by Gasteiger charge is -2.11. The van der Waals surface area contributed by atoms with E-state index in [-0.39, 0.29) is 12.5 Å². The summed E-state index contributed by atoms with van der Waals surface area (Å²) in [7, 11) is 0. The van der Waals surface area contributed by atoms with Gasteiger partial charge in [0.25, 0.3) is 5.91 Å². The summed E-state index contributed by atoms with van der Waals surface area (Å²) < 4.78 is 2.05. The van der Waals surface area contributed by atoms with E-state index in [1.165, 1.54) is 4.90 Å². The van der Waals surface area contributed by atoms with Crippen molar-refractivity contribution in [1.82, 2.24) is 14.8 Å². The first-order valence-corrected chi connectivity index (χ1v) is 9.16. The fraction of sp³-hybridized carbons (Fsp3) is 0.130. The number of urea groups is 1. The molecule has 5 heteroatoms. The van der Waals surface area contributed by atoms with Gasteiger partial charge in [-0.05, 0) is 49.2 Å². The van der Waals surface area contributed by atoms with E-state index in [4.69, 9.17) is 0 Å². The standard InChI is InChI=1S/C23H21N3O2/c1-16-8-10-18(11-9-16)14-26-22(27)21(24-23(26)28)13-19-12-17(2)25(15-19)20-6-4-3-5-7-20/h3-13,15H,14H2,1-2H3,(H,24,28)/b21-13+. The molecule has 140 valence electrons. The molecular formula is C23H21N3O2. The predicted molar refractivity (Wildman–Crippen MR) is 109 cm³/mol. The second-order valence-electron chi connectivity index (χ2n) is 6.99. The quantitative estimate of drug-likeness (QED) is 0.552. The van der Waals surface area contributed by atoms with E-state index >= 15 is 0 Å². The van der Waals surface area contributed by atoms with Crippen molar-refractivity contribution in [2.45, 2.75) is 20.4 Å². The third-order valence-corrected chi connectivity index (χ3v) is 4.80. The Morgan fingerprint density at radius 1 is 0.964 bits per heavy atom. The van der Waals surface area contributed by atoms with E-state index < -0.39 is 6.03 Å². The van der Waals surface area contributed by atoms with Gasteiger partial charge in [0.05, 0.1) is 6.54 Å². The number of benzene rings is 2. The summed E-state index contributed by atoms with van der Waals surface area (Å²) in [6.45, 7) is 4.27. The van der Waals surface area contributed by atoms with Gasteiger partial charge in [-0.15, -0.1) is 0 Å². The van der Waals surface area contributed by atoms with Crippen molar-refractivity contribution in [3.63, 3.8) is 0 Å². The van der Waals surface area contributed by atoms with Crippen molar-refractivity contribution in [2.24, 2.45) is 0 Å². The van der Waals surface area contributed by atoms with E-state index in [2.05, 4.69) is 9.88 Å². The minimum Gasteiger partial charge on any atom is -0.321 e. The highest BCUT2D eigenvalue weighted by Gasteiger charge is 2.33. The van der Waals surface area contributed by atoms with Gasteiger partial charge in [0.15, 0.2) is 0 Å². The number of para-hydroxylation sites is 1. The van der Waals surface area contributed by atoms with Gasteiger partial charge in [-0.1, -0.05) is 48.0 Å². The van der Waals surface area contributed by atoms with Crippen LogP contribution in [0.1, 0.15) is 22.4 Å². The number of carbonyl (C=O) groups is 2. The van der Waals surface area contributed by atoms with Gasteiger partial charge in [-0.3, -0.25) is 9.69 Å². The van der Waals surface area contributed by atoms with Crippen molar-refractivity contribution in [1.29, 1.82) is 0 Å². The van der Waals surface area contributed by atoms with Crippen LogP contribution in [-0.4, -0.2) is 21.4 Å². The molecule has 1 aliphatic heterocycles. The maximum absolute atomic E-state index is 12.7. The molecule has 28 heavy (non-hydrogen) atoms. The molecule has 0 atom stereocenters. The molecule has 0 spiro atoms. The summed E-state index contributed by atoms with van der Waals surface area (Å²) in [6, 6.07) is 19.4. The van der Waals surface area contributed by atoms with Gasteiger partial charge < -0.3 is 9.88 Å². The molecule has 1 fully saturated rings. The van der Waals surface area contributed by atoms with E-state index in [0.29, 0.717) is 5.70 Å². The minimum atomic E-state index is -0.393. The molecule has 1 N–H and O–H groups in total. The molecule has 5 nitrogen and oxygen atoms in total. The highest BCUT2D eigenvalue weighted by atomic mass is 16.2. The van der Waals surface area contributed by atoms with Gasteiger partial charge in [0.1, 0.15) is 5.70 Å². The molecule has 1 aromatic heterocycles. The number of hydrogen-bond donors (Lipinski definition) is 1. The van der Waals surface area contributed by atoms with E-state index in [1.54, 1.807) is 6.08 Å². The Morgan fingerprint density at radius 3 is 2.39 bits per heavy atom. The van der Waals surface area contributed by atoms with Crippen LogP contribution in [0, 0.1) is 13.8 Å². The molecule has 3 aromatic rings. The Morgan fingerprint density at radius 2 is 1.68 bits per heavy atom. The number of aromatic nitrogens is 1. The number of carbonyl (C=O) groups excluding carboxylic acids is 2. The maximum Gasteiger partial charge on any atom is 0.329 e. The number of aryl methyl sites for hydroxylation is 2. The van der Waals surface area contributed by atoms with Crippen LogP contribution in [0.3, 0.4) is 0 Å². The number of nitrogens with one attached hydrogen (secondary N) is 1. The molecule has 0 radical (unpaired) electrons. The van der Waals surface area contributed by atoms with Crippen LogP contribution in [-0.2, 0) is 11.3 Å². The fourth-order valence-corrected chi connectivity index (χ4v) is 3.30. The van der Waals surface area contributed by atoms with Crippen LogP contribution in [0.15, 0.2) is 72.6 Å². The van der Waals surface area contributed by atoms with Crippen LogP contribution in [0.25, 0.3) is 11.8 Å². The monoisotopic (exact) mass is 371 g/mol. The predicted octanol–water partition coefficient (Wildman–Crippen LogP) is 4.19. The molecule has 0 bridgehead atoms. The van der Waals surface area contributed by atoms with Crippen molar-refractivity contribution in [2.75, 3.05) is 0 Å². The summed E-state index contributed by atoms with van der Waals surface area (Å²) in [4.78, 5) is 26.3. The summed E-state index contributed by atoms with van der Waals surface area (Å²) >= 11 is 0. The van der Waals surface area contributed by atoms with Crippen molar-refractivity contribution < 1.29 is 9.59 Å². The van der Waals surface area contributed by atoms with Gasteiger partial charge in [0.2, 0.25) is 0 Å². The SMILES string of the molecule is Cc1ccc(CN2C(=O)N/C(=C/c3cc(C)n(-c4ccccc4)c3)C2=O)cc1. The van der Waals surface area contributed by atoms with Gasteiger partial charge in [-0.2, -0.15) is 0 Å². The molecule has 3 amide bonds.